The molecule has 1 N–H and O–H groups in total. The second-order valence-corrected chi connectivity index (χ2v) is 8.32. The predicted molar refractivity (Wildman–Crippen MR) is 115 cm³/mol. The number of pyridine rings is 1. The average Bonchev–Trinajstić information content (AvgIpc) is 2.74. The van der Waals surface area contributed by atoms with Crippen molar-refractivity contribution in [3.63, 3.8) is 0 Å². The lowest BCUT2D eigenvalue weighted by Gasteiger charge is -2.32. The first-order chi connectivity index (χ1) is 14.0. The van der Waals surface area contributed by atoms with Crippen LogP contribution in [0, 0.1) is 24.6 Å². The highest BCUT2D eigenvalue weighted by molar-refractivity contribution is 5.92. The van der Waals surface area contributed by atoms with E-state index in [0.717, 1.165) is 42.3 Å². The third-order valence-electron chi connectivity index (χ3n) is 6.39. The number of aromatic nitrogens is 1. The topological polar surface area (TPSA) is 42.0 Å². The van der Waals surface area contributed by atoms with E-state index in [9.17, 15) is 9.18 Å². The van der Waals surface area contributed by atoms with E-state index in [1.807, 2.05) is 44.2 Å². The molecule has 1 aliphatic rings. The van der Waals surface area contributed by atoms with Crippen molar-refractivity contribution in [2.45, 2.75) is 45.4 Å². The molecule has 0 bridgehead atoms. The lowest BCUT2D eigenvalue weighted by Crippen LogP contribution is -2.29. The van der Waals surface area contributed by atoms with Crippen LogP contribution in [0.25, 0.3) is 10.9 Å². The maximum absolute atomic E-state index is 13.5. The van der Waals surface area contributed by atoms with E-state index >= 15 is 0 Å². The van der Waals surface area contributed by atoms with Gasteiger partial charge in [-0.3, -0.25) is 9.78 Å². The smallest absolute Gasteiger partial charge is 0.227 e. The maximum atomic E-state index is 13.5. The third kappa shape index (κ3) is 4.31. The normalized spacial score (nSPS) is 20.4. The Bertz CT molecular complexity index is 1010. The molecule has 0 radical (unpaired) electrons. The Balaban J connectivity index is 1.40. The van der Waals surface area contributed by atoms with Crippen molar-refractivity contribution in [1.82, 2.24) is 4.98 Å². The first-order valence-electron chi connectivity index (χ1n) is 10.4. The van der Waals surface area contributed by atoms with Crippen molar-refractivity contribution < 1.29 is 9.18 Å². The third-order valence-corrected chi connectivity index (χ3v) is 6.39. The summed E-state index contributed by atoms with van der Waals surface area (Å²) in [4.78, 5) is 17.0. The summed E-state index contributed by atoms with van der Waals surface area (Å²) in [6.07, 6.45) is 5.92. The summed E-state index contributed by atoms with van der Waals surface area (Å²) >= 11 is 0. The minimum absolute atomic E-state index is 0.0134. The number of anilines is 1. The molecule has 1 amide bonds. The van der Waals surface area contributed by atoms with E-state index in [0.29, 0.717) is 11.8 Å². The summed E-state index contributed by atoms with van der Waals surface area (Å²) in [5.41, 5.74) is 4.01. The van der Waals surface area contributed by atoms with Crippen molar-refractivity contribution in [1.29, 1.82) is 0 Å². The van der Waals surface area contributed by atoms with Crippen molar-refractivity contribution in [3.05, 3.63) is 71.7 Å². The Kier molecular flexibility index (Phi) is 5.61. The number of fused-ring (bicyclic) bond motifs is 1. The van der Waals surface area contributed by atoms with Gasteiger partial charge in [-0.25, -0.2) is 4.39 Å². The Hall–Kier alpha value is -2.75. The number of aryl methyl sites for hydroxylation is 1. The summed E-state index contributed by atoms with van der Waals surface area (Å²) in [6.45, 7) is 4.08. The van der Waals surface area contributed by atoms with Crippen molar-refractivity contribution in [2.75, 3.05) is 5.32 Å². The molecule has 1 atom stereocenters. The van der Waals surface area contributed by atoms with Crippen LogP contribution >= 0.6 is 0 Å². The van der Waals surface area contributed by atoms with Gasteiger partial charge in [0.1, 0.15) is 5.82 Å². The molecule has 4 heteroatoms. The highest BCUT2D eigenvalue weighted by Crippen LogP contribution is 2.40. The molecule has 1 unspecified atom stereocenters. The first kappa shape index (κ1) is 19.6. The molecule has 3 aromatic rings. The zero-order valence-corrected chi connectivity index (χ0v) is 17.0. The summed E-state index contributed by atoms with van der Waals surface area (Å²) < 4.78 is 13.5. The molecule has 0 spiro atoms. The van der Waals surface area contributed by atoms with Crippen LogP contribution in [0.4, 0.5) is 10.1 Å². The fraction of sp³-hybridized carbons (Fsp3) is 0.360. The van der Waals surface area contributed by atoms with Crippen LogP contribution in [0.5, 0.6) is 0 Å². The van der Waals surface area contributed by atoms with Crippen LogP contribution in [0.2, 0.25) is 0 Å². The van der Waals surface area contributed by atoms with E-state index in [4.69, 9.17) is 0 Å². The average molecular weight is 391 g/mol. The van der Waals surface area contributed by atoms with E-state index in [1.165, 1.54) is 23.3 Å². The van der Waals surface area contributed by atoms with E-state index in [2.05, 4.69) is 16.4 Å². The molecule has 0 aliphatic heterocycles. The number of hydrogen-bond donors (Lipinski definition) is 1. The molecule has 2 aromatic carbocycles. The molecule has 1 aromatic heterocycles. The number of nitrogens with zero attached hydrogens (tertiary/aromatic N) is 1. The highest BCUT2D eigenvalue weighted by atomic mass is 19.1. The van der Waals surface area contributed by atoms with Gasteiger partial charge in [0.2, 0.25) is 5.91 Å². The molecule has 3 nitrogen and oxygen atoms in total. The van der Waals surface area contributed by atoms with E-state index < -0.39 is 0 Å². The number of hydrogen-bond acceptors (Lipinski definition) is 2. The number of carbonyl (C=O) groups is 1. The second-order valence-electron chi connectivity index (χ2n) is 8.32. The van der Waals surface area contributed by atoms with Gasteiger partial charge in [0, 0.05) is 29.3 Å². The van der Waals surface area contributed by atoms with Gasteiger partial charge in [-0.2, -0.15) is 0 Å². The van der Waals surface area contributed by atoms with E-state index in [-0.39, 0.29) is 17.6 Å². The summed E-state index contributed by atoms with van der Waals surface area (Å²) in [5, 5.41) is 4.10. The Labute approximate surface area is 171 Å². The SMILES string of the molecule is Cc1ccc(NC(=O)C(C)C2CCC(c3ccnc4cc(F)ccc34)CC2)cc1. The maximum Gasteiger partial charge on any atom is 0.227 e. The van der Waals surface area contributed by atoms with Crippen molar-refractivity contribution in [2.24, 2.45) is 11.8 Å². The van der Waals surface area contributed by atoms with Crippen LogP contribution in [0.15, 0.2) is 54.7 Å². The van der Waals surface area contributed by atoms with Gasteiger partial charge >= 0.3 is 0 Å². The largest absolute Gasteiger partial charge is 0.326 e. The summed E-state index contributed by atoms with van der Waals surface area (Å²) in [6, 6.07) is 14.9. The van der Waals surface area contributed by atoms with E-state index in [1.54, 1.807) is 6.20 Å². The monoisotopic (exact) mass is 390 g/mol. The van der Waals surface area contributed by atoms with Gasteiger partial charge < -0.3 is 5.32 Å². The van der Waals surface area contributed by atoms with Gasteiger partial charge in [-0.05, 0) is 80.3 Å². The molecule has 0 saturated heterocycles. The minimum Gasteiger partial charge on any atom is -0.326 e. The standard InChI is InChI=1S/C25H27FN2O/c1-16-3-10-21(11-4-16)28-25(29)17(2)18-5-7-19(8-6-18)22-13-14-27-24-15-20(26)9-12-23(22)24/h3-4,9-15,17-19H,5-8H2,1-2H3,(H,28,29). The Morgan fingerprint density at radius 1 is 1.07 bits per heavy atom. The van der Waals surface area contributed by atoms with Gasteiger partial charge in [0.05, 0.1) is 5.52 Å². The molecule has 4 rings (SSSR count). The first-order valence-corrected chi connectivity index (χ1v) is 10.4. The van der Waals surface area contributed by atoms with Gasteiger partial charge in [-0.15, -0.1) is 0 Å². The number of carbonyl (C=O) groups excluding carboxylic acids is 1. The lowest BCUT2D eigenvalue weighted by molar-refractivity contribution is -0.121. The van der Waals surface area contributed by atoms with Gasteiger partial charge in [0.15, 0.2) is 0 Å². The number of rotatable bonds is 4. The molecule has 1 heterocycles. The van der Waals surface area contributed by atoms with Crippen LogP contribution < -0.4 is 5.32 Å². The van der Waals surface area contributed by atoms with Crippen LogP contribution in [-0.2, 0) is 4.79 Å². The van der Waals surface area contributed by atoms with Crippen LogP contribution in [0.3, 0.4) is 0 Å². The fourth-order valence-electron chi connectivity index (χ4n) is 4.54. The summed E-state index contributed by atoms with van der Waals surface area (Å²) in [5.74, 6) is 0.666. The summed E-state index contributed by atoms with van der Waals surface area (Å²) in [7, 11) is 0. The molecular weight excluding hydrogens is 363 g/mol. The van der Waals surface area contributed by atoms with Crippen LogP contribution in [0.1, 0.15) is 49.7 Å². The molecule has 1 aliphatic carbocycles. The quantitative estimate of drug-likeness (QED) is 0.574. The number of halogens is 1. The molecule has 1 fully saturated rings. The van der Waals surface area contributed by atoms with Crippen LogP contribution in [-0.4, -0.2) is 10.9 Å². The zero-order valence-electron chi connectivity index (χ0n) is 17.0. The molecule has 150 valence electrons. The lowest BCUT2D eigenvalue weighted by atomic mass is 9.73. The van der Waals surface area contributed by atoms with Gasteiger partial charge in [-0.1, -0.05) is 24.6 Å². The number of benzene rings is 2. The van der Waals surface area contributed by atoms with Crippen molar-refractivity contribution in [3.8, 4) is 0 Å². The second kappa shape index (κ2) is 8.32. The molecule has 29 heavy (non-hydrogen) atoms. The minimum atomic E-state index is -0.251. The predicted octanol–water partition coefficient (Wildman–Crippen LogP) is 6.23. The fourth-order valence-corrected chi connectivity index (χ4v) is 4.54. The van der Waals surface area contributed by atoms with Gasteiger partial charge in [0.25, 0.3) is 0 Å². The molecule has 1 saturated carbocycles. The zero-order chi connectivity index (χ0) is 20.4. The highest BCUT2D eigenvalue weighted by Gasteiger charge is 2.30. The Morgan fingerprint density at radius 2 is 1.79 bits per heavy atom. The number of amides is 1. The Morgan fingerprint density at radius 3 is 2.52 bits per heavy atom. The van der Waals surface area contributed by atoms with Crippen molar-refractivity contribution >= 4 is 22.5 Å². The number of nitrogens with one attached hydrogen (secondary N) is 1. The molecular formula is C25H27FN2O.